The predicted octanol–water partition coefficient (Wildman–Crippen LogP) is 5.90. The smallest absolute Gasteiger partial charge is 0.0998 e. The van der Waals surface area contributed by atoms with E-state index in [0.717, 1.165) is 16.7 Å². The van der Waals surface area contributed by atoms with Crippen molar-refractivity contribution in [3.8, 4) is 17.2 Å². The van der Waals surface area contributed by atoms with Gasteiger partial charge in [-0.1, -0.05) is 56.5 Å². The van der Waals surface area contributed by atoms with Crippen LogP contribution in [0.3, 0.4) is 0 Å². The monoisotopic (exact) mass is 295 g/mol. The summed E-state index contributed by atoms with van der Waals surface area (Å²) in [6, 6.07) is 18.6. The van der Waals surface area contributed by atoms with Crippen LogP contribution in [0.2, 0.25) is 0 Å². The van der Waals surface area contributed by atoms with E-state index in [1.54, 1.807) is 0 Å². The molecular weight excluding hydrogens is 274 g/mol. The van der Waals surface area contributed by atoms with Crippen molar-refractivity contribution in [2.75, 3.05) is 5.75 Å². The van der Waals surface area contributed by atoms with Gasteiger partial charge in [0.25, 0.3) is 0 Å². The molecule has 0 aliphatic rings. The molecule has 0 heterocycles. The maximum absolute atomic E-state index is 9.22. The minimum atomic E-state index is 0.739. The summed E-state index contributed by atoms with van der Waals surface area (Å²) in [7, 11) is 0. The maximum Gasteiger partial charge on any atom is 0.0998 e. The van der Waals surface area contributed by atoms with Crippen LogP contribution in [-0.2, 0) is 0 Å². The molecule has 0 atom stereocenters. The summed E-state index contributed by atoms with van der Waals surface area (Å²) < 4.78 is 0. The van der Waals surface area contributed by atoms with Gasteiger partial charge in [-0.25, -0.2) is 0 Å². The standard InChI is InChI=1S/C19H21NS/c1-2-3-4-7-13-21-18-11-8-10-16(14-18)19-12-6-5-9-17(19)15-20/h5-6,8-12,14H,2-4,7,13H2,1H3. The number of rotatable bonds is 7. The van der Waals surface area contributed by atoms with Gasteiger partial charge in [0.05, 0.1) is 11.6 Å². The van der Waals surface area contributed by atoms with E-state index < -0.39 is 0 Å². The topological polar surface area (TPSA) is 23.8 Å². The van der Waals surface area contributed by atoms with Crippen LogP contribution >= 0.6 is 11.8 Å². The van der Waals surface area contributed by atoms with Gasteiger partial charge in [-0.15, -0.1) is 11.8 Å². The zero-order valence-corrected chi connectivity index (χ0v) is 13.3. The SMILES string of the molecule is CCCCCCSc1cccc(-c2ccccc2C#N)c1. The molecule has 0 bridgehead atoms. The van der Waals surface area contributed by atoms with E-state index in [4.69, 9.17) is 0 Å². The highest BCUT2D eigenvalue weighted by Gasteiger charge is 2.04. The second kappa shape index (κ2) is 8.54. The second-order valence-corrected chi connectivity index (χ2v) is 6.26. The Morgan fingerprint density at radius 3 is 2.67 bits per heavy atom. The third kappa shape index (κ3) is 4.65. The van der Waals surface area contributed by atoms with Crippen LogP contribution in [-0.4, -0.2) is 5.75 Å². The molecule has 0 spiro atoms. The van der Waals surface area contributed by atoms with Crippen molar-refractivity contribution in [3.63, 3.8) is 0 Å². The predicted molar refractivity (Wildman–Crippen MR) is 91.5 cm³/mol. The lowest BCUT2D eigenvalue weighted by atomic mass is 10.0. The van der Waals surface area contributed by atoms with Crippen LogP contribution < -0.4 is 0 Å². The molecular formula is C19H21NS. The van der Waals surface area contributed by atoms with Gasteiger partial charge in [0.2, 0.25) is 0 Å². The third-order valence-electron chi connectivity index (χ3n) is 3.46. The Bertz CT molecular complexity index is 613. The lowest BCUT2D eigenvalue weighted by Gasteiger charge is -2.07. The lowest BCUT2D eigenvalue weighted by Crippen LogP contribution is -1.85. The van der Waals surface area contributed by atoms with Crippen molar-refractivity contribution in [3.05, 3.63) is 54.1 Å². The Labute approximate surface area is 132 Å². The van der Waals surface area contributed by atoms with Gasteiger partial charge in [0, 0.05) is 4.90 Å². The molecule has 0 fully saturated rings. The van der Waals surface area contributed by atoms with E-state index in [2.05, 4.69) is 37.3 Å². The van der Waals surface area contributed by atoms with E-state index >= 15 is 0 Å². The van der Waals surface area contributed by atoms with Crippen molar-refractivity contribution in [1.82, 2.24) is 0 Å². The molecule has 0 amide bonds. The zero-order valence-electron chi connectivity index (χ0n) is 12.5. The number of benzene rings is 2. The molecule has 2 rings (SSSR count). The summed E-state index contributed by atoms with van der Waals surface area (Å²) in [5.41, 5.74) is 2.89. The molecule has 2 heteroatoms. The minimum Gasteiger partial charge on any atom is -0.192 e. The third-order valence-corrected chi connectivity index (χ3v) is 4.54. The number of unbranched alkanes of at least 4 members (excludes halogenated alkanes) is 3. The van der Waals surface area contributed by atoms with Crippen LogP contribution in [0.15, 0.2) is 53.4 Å². The summed E-state index contributed by atoms with van der Waals surface area (Å²) in [6.07, 6.45) is 5.21. The van der Waals surface area contributed by atoms with Crippen molar-refractivity contribution in [2.45, 2.75) is 37.5 Å². The fraction of sp³-hybridized carbons (Fsp3) is 0.316. The highest BCUT2D eigenvalue weighted by molar-refractivity contribution is 7.99. The Morgan fingerprint density at radius 2 is 1.86 bits per heavy atom. The van der Waals surface area contributed by atoms with Crippen LogP contribution in [0.4, 0.5) is 0 Å². The average molecular weight is 295 g/mol. The van der Waals surface area contributed by atoms with E-state index in [1.807, 2.05) is 36.0 Å². The molecule has 21 heavy (non-hydrogen) atoms. The Morgan fingerprint density at radius 1 is 1.00 bits per heavy atom. The first-order valence-corrected chi connectivity index (χ1v) is 8.56. The molecule has 2 aromatic carbocycles. The normalized spacial score (nSPS) is 10.3. The maximum atomic E-state index is 9.22. The molecule has 0 N–H and O–H groups in total. The molecule has 1 nitrogen and oxygen atoms in total. The van der Waals surface area contributed by atoms with Gasteiger partial charge >= 0.3 is 0 Å². The fourth-order valence-corrected chi connectivity index (χ4v) is 3.27. The number of thioether (sulfide) groups is 1. The van der Waals surface area contributed by atoms with E-state index in [9.17, 15) is 5.26 Å². The van der Waals surface area contributed by atoms with Crippen molar-refractivity contribution < 1.29 is 0 Å². The van der Waals surface area contributed by atoms with Crippen LogP contribution in [0.5, 0.6) is 0 Å². The molecule has 0 aliphatic carbocycles. The highest BCUT2D eigenvalue weighted by atomic mass is 32.2. The van der Waals surface area contributed by atoms with E-state index in [-0.39, 0.29) is 0 Å². The number of nitrogens with zero attached hydrogens (tertiary/aromatic N) is 1. The minimum absolute atomic E-state index is 0.739. The van der Waals surface area contributed by atoms with Gasteiger partial charge in [0.1, 0.15) is 0 Å². The first-order chi connectivity index (χ1) is 10.3. The Balaban J connectivity index is 2.06. The lowest BCUT2D eigenvalue weighted by molar-refractivity contribution is 0.706. The number of hydrogen-bond donors (Lipinski definition) is 0. The van der Waals surface area contributed by atoms with E-state index in [1.165, 1.54) is 36.3 Å². The average Bonchev–Trinajstić information content (AvgIpc) is 2.55. The molecule has 0 radical (unpaired) electrons. The van der Waals surface area contributed by atoms with Gasteiger partial charge in [-0.05, 0) is 41.5 Å². The summed E-state index contributed by atoms with van der Waals surface area (Å²) in [4.78, 5) is 1.29. The molecule has 0 aliphatic heterocycles. The van der Waals surface area contributed by atoms with Crippen molar-refractivity contribution >= 4 is 11.8 Å². The second-order valence-electron chi connectivity index (χ2n) is 5.09. The van der Waals surface area contributed by atoms with Gasteiger partial charge in [0.15, 0.2) is 0 Å². The summed E-state index contributed by atoms with van der Waals surface area (Å²) in [6.45, 7) is 2.24. The molecule has 0 saturated heterocycles. The molecule has 0 saturated carbocycles. The molecule has 0 unspecified atom stereocenters. The van der Waals surface area contributed by atoms with Crippen LogP contribution in [0, 0.1) is 11.3 Å². The molecule has 2 aromatic rings. The Hall–Kier alpha value is -1.72. The highest BCUT2D eigenvalue weighted by Crippen LogP contribution is 2.28. The fourth-order valence-electron chi connectivity index (χ4n) is 2.30. The molecule has 0 aromatic heterocycles. The van der Waals surface area contributed by atoms with Crippen molar-refractivity contribution in [2.24, 2.45) is 0 Å². The van der Waals surface area contributed by atoms with Gasteiger partial charge in [-0.3, -0.25) is 0 Å². The quantitative estimate of drug-likeness (QED) is 0.469. The summed E-state index contributed by atoms with van der Waals surface area (Å²) >= 11 is 1.91. The Kier molecular flexibility index (Phi) is 6.37. The van der Waals surface area contributed by atoms with Crippen molar-refractivity contribution in [1.29, 1.82) is 5.26 Å². The van der Waals surface area contributed by atoms with Gasteiger partial charge < -0.3 is 0 Å². The van der Waals surface area contributed by atoms with E-state index in [0.29, 0.717) is 0 Å². The van der Waals surface area contributed by atoms with Crippen LogP contribution in [0.1, 0.15) is 38.2 Å². The van der Waals surface area contributed by atoms with Gasteiger partial charge in [-0.2, -0.15) is 5.26 Å². The first kappa shape index (κ1) is 15.7. The summed E-state index contributed by atoms with van der Waals surface area (Å²) in [5.74, 6) is 1.17. The zero-order chi connectivity index (χ0) is 14.9. The number of hydrogen-bond acceptors (Lipinski definition) is 2. The molecule has 108 valence electrons. The number of nitriles is 1. The first-order valence-electron chi connectivity index (χ1n) is 7.57. The summed E-state index contributed by atoms with van der Waals surface area (Å²) in [5, 5.41) is 9.22. The largest absolute Gasteiger partial charge is 0.192 e. The van der Waals surface area contributed by atoms with Crippen LogP contribution in [0.25, 0.3) is 11.1 Å².